The van der Waals surface area contributed by atoms with Crippen LogP contribution in [0.25, 0.3) is 0 Å². The minimum atomic E-state index is -0.153. The first kappa shape index (κ1) is 9.52. The van der Waals surface area contributed by atoms with Crippen molar-refractivity contribution >= 4 is 5.91 Å². The molecule has 1 saturated heterocycles. The number of nitrogens with two attached hydrogens (primary N) is 1. The number of carbonyl (C=O) groups excluding carboxylic acids is 1. The van der Waals surface area contributed by atoms with Crippen molar-refractivity contribution in [3.8, 4) is 0 Å². The van der Waals surface area contributed by atoms with Crippen molar-refractivity contribution in [2.45, 2.75) is 20.8 Å². The van der Waals surface area contributed by atoms with Crippen LogP contribution in [-0.2, 0) is 4.79 Å². The van der Waals surface area contributed by atoms with E-state index in [4.69, 9.17) is 5.73 Å². The third kappa shape index (κ3) is 2.48. The van der Waals surface area contributed by atoms with Gasteiger partial charge in [0.15, 0.2) is 0 Å². The fourth-order valence-corrected chi connectivity index (χ4v) is 1.55. The van der Waals surface area contributed by atoms with Gasteiger partial charge >= 0.3 is 0 Å². The lowest BCUT2D eigenvalue weighted by Crippen LogP contribution is -2.54. The summed E-state index contributed by atoms with van der Waals surface area (Å²) in [5.74, 6) is -0.0486. The first-order valence-electron chi connectivity index (χ1n) is 4.40. The summed E-state index contributed by atoms with van der Waals surface area (Å²) >= 11 is 0. The summed E-state index contributed by atoms with van der Waals surface area (Å²) in [6.07, 6.45) is 0. The van der Waals surface area contributed by atoms with Crippen LogP contribution in [0.1, 0.15) is 20.8 Å². The van der Waals surface area contributed by atoms with Crippen LogP contribution in [-0.4, -0.2) is 30.4 Å². The standard InChI is InChI=1S/C9H18N2O/c1-9(2,3)6-11-4-7(5-11)8(10)12/h7H,4-6H2,1-3H3,(H2,10,12). The Kier molecular flexibility index (Phi) is 2.42. The van der Waals surface area contributed by atoms with Crippen molar-refractivity contribution in [1.29, 1.82) is 0 Å². The molecule has 1 rings (SSSR count). The molecule has 2 N–H and O–H groups in total. The van der Waals surface area contributed by atoms with Crippen LogP contribution in [0.3, 0.4) is 0 Å². The average molecular weight is 170 g/mol. The average Bonchev–Trinajstić information content (AvgIpc) is 1.74. The molecule has 0 atom stereocenters. The second-order valence-corrected chi connectivity index (χ2v) is 4.85. The zero-order chi connectivity index (χ0) is 9.35. The van der Waals surface area contributed by atoms with Crippen LogP contribution in [0.2, 0.25) is 0 Å². The van der Waals surface area contributed by atoms with Gasteiger partial charge in [-0.2, -0.15) is 0 Å². The highest BCUT2D eigenvalue weighted by atomic mass is 16.1. The van der Waals surface area contributed by atoms with Gasteiger partial charge in [0, 0.05) is 19.6 Å². The summed E-state index contributed by atoms with van der Waals surface area (Å²) in [6.45, 7) is 9.36. The highest BCUT2D eigenvalue weighted by Crippen LogP contribution is 2.22. The molecule has 0 saturated carbocycles. The molecule has 0 spiro atoms. The van der Waals surface area contributed by atoms with E-state index in [-0.39, 0.29) is 11.8 Å². The fraction of sp³-hybridized carbons (Fsp3) is 0.889. The molecule has 0 unspecified atom stereocenters. The molecule has 70 valence electrons. The fourth-order valence-electron chi connectivity index (χ4n) is 1.55. The number of likely N-dealkylation sites (tertiary alicyclic amines) is 1. The van der Waals surface area contributed by atoms with Crippen LogP contribution in [0.15, 0.2) is 0 Å². The molecule has 0 aromatic carbocycles. The number of amides is 1. The number of nitrogens with zero attached hydrogens (tertiary/aromatic N) is 1. The summed E-state index contributed by atoms with van der Waals surface area (Å²) in [7, 11) is 0. The predicted octanol–water partition coefficient (Wildman–Crippen LogP) is 0.450. The van der Waals surface area contributed by atoms with E-state index in [1.54, 1.807) is 0 Å². The van der Waals surface area contributed by atoms with Gasteiger partial charge in [0.25, 0.3) is 0 Å². The molecular formula is C9H18N2O. The largest absolute Gasteiger partial charge is 0.369 e. The van der Waals surface area contributed by atoms with Gasteiger partial charge < -0.3 is 10.6 Å². The van der Waals surface area contributed by atoms with E-state index < -0.39 is 0 Å². The molecule has 0 bridgehead atoms. The lowest BCUT2D eigenvalue weighted by molar-refractivity contribution is -0.127. The number of rotatable bonds is 2. The Bertz CT molecular complexity index is 177. The second-order valence-electron chi connectivity index (χ2n) is 4.85. The summed E-state index contributed by atoms with van der Waals surface area (Å²) in [5.41, 5.74) is 5.48. The molecule has 1 fully saturated rings. The Hall–Kier alpha value is -0.570. The first-order chi connectivity index (χ1) is 5.38. The summed E-state index contributed by atoms with van der Waals surface area (Å²) in [4.78, 5) is 13.0. The third-order valence-corrected chi connectivity index (χ3v) is 2.06. The van der Waals surface area contributed by atoms with Crippen molar-refractivity contribution < 1.29 is 4.79 Å². The smallest absolute Gasteiger partial charge is 0.223 e. The lowest BCUT2D eigenvalue weighted by Gasteiger charge is -2.41. The number of hydrogen-bond acceptors (Lipinski definition) is 2. The summed E-state index contributed by atoms with van der Waals surface area (Å²) in [6, 6.07) is 0. The van der Waals surface area contributed by atoms with Crippen molar-refractivity contribution in [2.75, 3.05) is 19.6 Å². The van der Waals surface area contributed by atoms with E-state index in [9.17, 15) is 4.79 Å². The van der Waals surface area contributed by atoms with Crippen molar-refractivity contribution in [2.24, 2.45) is 17.1 Å². The summed E-state index contributed by atoms with van der Waals surface area (Å²) in [5, 5.41) is 0. The molecule has 1 amide bonds. The highest BCUT2D eigenvalue weighted by molar-refractivity contribution is 5.78. The van der Waals surface area contributed by atoms with Gasteiger partial charge in [0.05, 0.1) is 5.92 Å². The van der Waals surface area contributed by atoms with Gasteiger partial charge in [0.2, 0.25) is 5.91 Å². The van der Waals surface area contributed by atoms with E-state index in [0.29, 0.717) is 5.41 Å². The zero-order valence-electron chi connectivity index (χ0n) is 8.13. The molecule has 3 heteroatoms. The van der Waals surface area contributed by atoms with Gasteiger partial charge in [-0.05, 0) is 5.41 Å². The molecule has 0 aromatic rings. The zero-order valence-corrected chi connectivity index (χ0v) is 8.13. The maximum Gasteiger partial charge on any atom is 0.223 e. The molecule has 0 radical (unpaired) electrons. The minimum Gasteiger partial charge on any atom is -0.369 e. The minimum absolute atomic E-state index is 0.104. The maximum absolute atomic E-state index is 10.7. The Balaban J connectivity index is 2.22. The topological polar surface area (TPSA) is 46.3 Å². The van der Waals surface area contributed by atoms with E-state index in [1.165, 1.54) is 0 Å². The quantitative estimate of drug-likeness (QED) is 0.654. The lowest BCUT2D eigenvalue weighted by atomic mass is 9.91. The van der Waals surface area contributed by atoms with Gasteiger partial charge in [0.1, 0.15) is 0 Å². The number of primary amides is 1. The van der Waals surface area contributed by atoms with Gasteiger partial charge in [-0.15, -0.1) is 0 Å². The van der Waals surface area contributed by atoms with Gasteiger partial charge in [-0.25, -0.2) is 0 Å². The van der Waals surface area contributed by atoms with E-state index in [0.717, 1.165) is 19.6 Å². The van der Waals surface area contributed by atoms with E-state index >= 15 is 0 Å². The van der Waals surface area contributed by atoms with Crippen molar-refractivity contribution in [1.82, 2.24) is 4.90 Å². The third-order valence-electron chi connectivity index (χ3n) is 2.06. The molecule has 1 aliphatic heterocycles. The highest BCUT2D eigenvalue weighted by Gasteiger charge is 2.32. The monoisotopic (exact) mass is 170 g/mol. The van der Waals surface area contributed by atoms with E-state index in [1.807, 2.05) is 0 Å². The Labute approximate surface area is 73.9 Å². The number of hydrogen-bond donors (Lipinski definition) is 1. The SMILES string of the molecule is CC(C)(C)CN1CC(C(N)=O)C1. The first-order valence-corrected chi connectivity index (χ1v) is 4.40. The van der Waals surface area contributed by atoms with Crippen LogP contribution in [0.4, 0.5) is 0 Å². The molecule has 0 aliphatic carbocycles. The molecule has 3 nitrogen and oxygen atoms in total. The number of carbonyl (C=O) groups is 1. The van der Waals surface area contributed by atoms with Crippen LogP contribution in [0, 0.1) is 11.3 Å². The van der Waals surface area contributed by atoms with Crippen molar-refractivity contribution in [3.05, 3.63) is 0 Å². The van der Waals surface area contributed by atoms with E-state index in [2.05, 4.69) is 25.7 Å². The van der Waals surface area contributed by atoms with Crippen molar-refractivity contribution in [3.63, 3.8) is 0 Å². The molecule has 0 aromatic heterocycles. The van der Waals surface area contributed by atoms with Crippen LogP contribution >= 0.6 is 0 Å². The summed E-state index contributed by atoms with van der Waals surface area (Å²) < 4.78 is 0. The maximum atomic E-state index is 10.7. The molecule has 12 heavy (non-hydrogen) atoms. The Morgan fingerprint density at radius 3 is 2.33 bits per heavy atom. The second kappa shape index (κ2) is 3.05. The van der Waals surface area contributed by atoms with Gasteiger partial charge in [-0.1, -0.05) is 20.8 Å². The molecule has 1 aliphatic rings. The Morgan fingerprint density at radius 1 is 1.50 bits per heavy atom. The normalized spacial score (nSPS) is 20.6. The molecule has 1 heterocycles. The Morgan fingerprint density at radius 2 is 2.00 bits per heavy atom. The predicted molar refractivity (Wildman–Crippen MR) is 48.6 cm³/mol. The van der Waals surface area contributed by atoms with Crippen LogP contribution in [0.5, 0.6) is 0 Å². The molecular weight excluding hydrogens is 152 g/mol. The van der Waals surface area contributed by atoms with Crippen LogP contribution < -0.4 is 5.73 Å². The van der Waals surface area contributed by atoms with Gasteiger partial charge in [-0.3, -0.25) is 4.79 Å².